The Morgan fingerprint density at radius 2 is 2.04 bits per heavy atom. The van der Waals surface area contributed by atoms with E-state index in [1.807, 2.05) is 36.4 Å². The molecule has 1 amide bonds. The molecule has 1 atom stereocenters. The summed E-state index contributed by atoms with van der Waals surface area (Å²) < 4.78 is 5.45. The summed E-state index contributed by atoms with van der Waals surface area (Å²) >= 11 is 0. The van der Waals surface area contributed by atoms with Gasteiger partial charge in [-0.3, -0.25) is 14.7 Å². The molecule has 1 aromatic heterocycles. The molecule has 6 heteroatoms. The van der Waals surface area contributed by atoms with Gasteiger partial charge in [-0.25, -0.2) is 0 Å². The number of rotatable bonds is 4. The van der Waals surface area contributed by atoms with Crippen LogP contribution in [0.15, 0.2) is 54.9 Å². The zero-order valence-electron chi connectivity index (χ0n) is 14.9. The number of nitrogens with zero attached hydrogens (tertiary/aromatic N) is 1. The van der Waals surface area contributed by atoms with Crippen LogP contribution in [0.1, 0.15) is 22.3 Å². The van der Waals surface area contributed by atoms with Crippen LogP contribution >= 0.6 is 0 Å². The number of H-pyrrole nitrogens is 1. The van der Waals surface area contributed by atoms with Crippen LogP contribution in [0.4, 0.5) is 5.69 Å². The minimum atomic E-state index is -0.369. The van der Waals surface area contributed by atoms with Crippen molar-refractivity contribution in [3.05, 3.63) is 66.0 Å². The van der Waals surface area contributed by atoms with E-state index >= 15 is 0 Å². The third kappa shape index (κ3) is 3.33. The number of amides is 1. The SMILES string of the molecule is COc1cc(NC(=O)C2CC(=O)c3ccccc3C2)ccc1-c1cn[nH]c1. The van der Waals surface area contributed by atoms with Crippen LogP contribution in [0.25, 0.3) is 11.1 Å². The highest BCUT2D eigenvalue weighted by Crippen LogP contribution is 2.32. The molecule has 1 aliphatic rings. The van der Waals surface area contributed by atoms with E-state index < -0.39 is 0 Å². The molecule has 0 bridgehead atoms. The maximum Gasteiger partial charge on any atom is 0.228 e. The van der Waals surface area contributed by atoms with Crippen LogP contribution in [0.2, 0.25) is 0 Å². The van der Waals surface area contributed by atoms with E-state index in [0.29, 0.717) is 17.9 Å². The van der Waals surface area contributed by atoms with Crippen molar-refractivity contribution in [3.8, 4) is 16.9 Å². The Morgan fingerprint density at radius 1 is 1.19 bits per heavy atom. The Kier molecular flexibility index (Phi) is 4.46. The Morgan fingerprint density at radius 3 is 2.81 bits per heavy atom. The molecule has 2 N–H and O–H groups in total. The number of anilines is 1. The van der Waals surface area contributed by atoms with Gasteiger partial charge in [-0.1, -0.05) is 24.3 Å². The number of methoxy groups -OCH3 is 1. The molecule has 4 rings (SSSR count). The van der Waals surface area contributed by atoms with Crippen LogP contribution in [-0.2, 0) is 11.2 Å². The van der Waals surface area contributed by atoms with Gasteiger partial charge in [0.15, 0.2) is 5.78 Å². The molecule has 0 saturated heterocycles. The molecule has 1 aliphatic carbocycles. The second-order valence-corrected chi connectivity index (χ2v) is 6.58. The van der Waals surface area contributed by atoms with Gasteiger partial charge in [0.25, 0.3) is 0 Å². The van der Waals surface area contributed by atoms with E-state index in [4.69, 9.17) is 4.74 Å². The third-order valence-electron chi connectivity index (χ3n) is 4.86. The van der Waals surface area contributed by atoms with Gasteiger partial charge in [-0.15, -0.1) is 0 Å². The molecule has 136 valence electrons. The predicted octanol–water partition coefficient (Wildman–Crippen LogP) is 3.47. The molecule has 0 radical (unpaired) electrons. The van der Waals surface area contributed by atoms with Crippen LogP contribution in [0.3, 0.4) is 0 Å². The highest BCUT2D eigenvalue weighted by Gasteiger charge is 2.29. The summed E-state index contributed by atoms with van der Waals surface area (Å²) in [6.07, 6.45) is 4.29. The summed E-state index contributed by atoms with van der Waals surface area (Å²) in [4.78, 5) is 25.0. The number of Topliss-reactive ketones (excluding diaryl/α,β-unsaturated/α-hetero) is 1. The van der Waals surface area contributed by atoms with Crippen molar-refractivity contribution < 1.29 is 14.3 Å². The molecule has 0 aliphatic heterocycles. The maximum atomic E-state index is 12.7. The minimum Gasteiger partial charge on any atom is -0.496 e. The fourth-order valence-electron chi connectivity index (χ4n) is 3.48. The summed E-state index contributed by atoms with van der Waals surface area (Å²) in [5.41, 5.74) is 4.08. The lowest BCUT2D eigenvalue weighted by atomic mass is 9.82. The average Bonchev–Trinajstić information content (AvgIpc) is 3.22. The second-order valence-electron chi connectivity index (χ2n) is 6.58. The standard InChI is InChI=1S/C21H19N3O3/c1-27-20-10-16(6-7-18(20)15-11-22-23-12-15)24-21(26)14-8-13-4-2-3-5-17(13)19(25)9-14/h2-7,10-12,14H,8-9H2,1H3,(H,22,23)(H,24,26). The number of fused-ring (bicyclic) bond motifs is 1. The van der Waals surface area contributed by atoms with E-state index in [1.165, 1.54) is 0 Å². The Balaban J connectivity index is 1.53. The lowest BCUT2D eigenvalue weighted by Crippen LogP contribution is -2.30. The lowest BCUT2D eigenvalue weighted by molar-refractivity contribution is -0.119. The van der Waals surface area contributed by atoms with Gasteiger partial charge >= 0.3 is 0 Å². The van der Waals surface area contributed by atoms with Gasteiger partial charge in [0.05, 0.1) is 13.3 Å². The van der Waals surface area contributed by atoms with E-state index in [2.05, 4.69) is 15.5 Å². The minimum absolute atomic E-state index is 0.0184. The van der Waals surface area contributed by atoms with Crippen molar-refractivity contribution in [2.75, 3.05) is 12.4 Å². The van der Waals surface area contributed by atoms with Crippen LogP contribution in [-0.4, -0.2) is 29.0 Å². The van der Waals surface area contributed by atoms with E-state index in [0.717, 1.165) is 22.3 Å². The molecule has 0 spiro atoms. The van der Waals surface area contributed by atoms with Gasteiger partial charge in [0, 0.05) is 47.0 Å². The molecule has 27 heavy (non-hydrogen) atoms. The number of nitrogens with one attached hydrogen (secondary N) is 2. The van der Waals surface area contributed by atoms with E-state index in [1.54, 1.807) is 25.6 Å². The number of benzene rings is 2. The van der Waals surface area contributed by atoms with Gasteiger partial charge in [0.1, 0.15) is 5.75 Å². The zero-order valence-corrected chi connectivity index (χ0v) is 14.9. The van der Waals surface area contributed by atoms with E-state index in [-0.39, 0.29) is 24.0 Å². The number of ether oxygens (including phenoxy) is 1. The molecular weight excluding hydrogens is 342 g/mol. The van der Waals surface area contributed by atoms with Crippen molar-refractivity contribution in [2.24, 2.45) is 5.92 Å². The van der Waals surface area contributed by atoms with Gasteiger partial charge in [-0.05, 0) is 24.1 Å². The Bertz CT molecular complexity index is 996. The number of ketones is 1. The van der Waals surface area contributed by atoms with E-state index in [9.17, 15) is 9.59 Å². The molecule has 1 heterocycles. The van der Waals surface area contributed by atoms with Crippen molar-refractivity contribution in [2.45, 2.75) is 12.8 Å². The number of aromatic nitrogens is 2. The first kappa shape index (κ1) is 17.0. The zero-order chi connectivity index (χ0) is 18.8. The molecule has 3 aromatic rings. The number of carbonyl (C=O) groups excluding carboxylic acids is 2. The van der Waals surface area contributed by atoms with Gasteiger partial charge < -0.3 is 10.1 Å². The summed E-state index contributed by atoms with van der Waals surface area (Å²) in [5, 5.41) is 9.64. The fourth-order valence-corrected chi connectivity index (χ4v) is 3.48. The number of carbonyl (C=O) groups is 2. The summed E-state index contributed by atoms with van der Waals surface area (Å²) in [6.45, 7) is 0. The smallest absolute Gasteiger partial charge is 0.228 e. The summed E-state index contributed by atoms with van der Waals surface area (Å²) in [5.74, 6) is 0.132. The average molecular weight is 361 g/mol. The number of aromatic amines is 1. The molecule has 6 nitrogen and oxygen atoms in total. The second kappa shape index (κ2) is 7.07. The normalized spacial score (nSPS) is 15.9. The topological polar surface area (TPSA) is 84.1 Å². The van der Waals surface area contributed by atoms with Crippen molar-refractivity contribution in [1.82, 2.24) is 10.2 Å². The quantitative estimate of drug-likeness (QED) is 0.745. The molecule has 0 fully saturated rings. The highest BCUT2D eigenvalue weighted by molar-refractivity contribution is 6.04. The van der Waals surface area contributed by atoms with Crippen molar-refractivity contribution in [3.63, 3.8) is 0 Å². The largest absolute Gasteiger partial charge is 0.496 e. The first-order valence-electron chi connectivity index (χ1n) is 8.75. The Hall–Kier alpha value is -3.41. The molecule has 1 unspecified atom stereocenters. The third-order valence-corrected chi connectivity index (χ3v) is 4.86. The lowest BCUT2D eigenvalue weighted by Gasteiger charge is -2.23. The molecule has 2 aromatic carbocycles. The summed E-state index contributed by atoms with van der Waals surface area (Å²) in [6, 6.07) is 13.0. The number of hydrogen-bond donors (Lipinski definition) is 2. The molecular formula is C21H19N3O3. The highest BCUT2D eigenvalue weighted by atomic mass is 16.5. The van der Waals surface area contributed by atoms with Crippen LogP contribution in [0.5, 0.6) is 5.75 Å². The van der Waals surface area contributed by atoms with Gasteiger partial charge in [-0.2, -0.15) is 5.10 Å². The van der Waals surface area contributed by atoms with Crippen molar-refractivity contribution in [1.29, 1.82) is 0 Å². The Labute approximate surface area is 156 Å². The van der Waals surface area contributed by atoms with Gasteiger partial charge in [0.2, 0.25) is 5.91 Å². The summed E-state index contributed by atoms with van der Waals surface area (Å²) in [7, 11) is 1.58. The van der Waals surface area contributed by atoms with Crippen molar-refractivity contribution >= 4 is 17.4 Å². The number of hydrogen-bond acceptors (Lipinski definition) is 4. The first-order valence-corrected chi connectivity index (χ1v) is 8.75. The maximum absolute atomic E-state index is 12.7. The van der Waals surface area contributed by atoms with Crippen LogP contribution < -0.4 is 10.1 Å². The predicted molar refractivity (Wildman–Crippen MR) is 102 cm³/mol. The molecule has 0 saturated carbocycles. The monoisotopic (exact) mass is 361 g/mol. The fraction of sp³-hybridized carbons (Fsp3) is 0.190. The van der Waals surface area contributed by atoms with Crippen LogP contribution in [0, 0.1) is 5.92 Å². The first-order chi connectivity index (χ1) is 13.2.